The number of carboxylic acid groups (broad SMARTS) is 1. The zero-order valence-corrected chi connectivity index (χ0v) is 19.8. The van der Waals surface area contributed by atoms with Gasteiger partial charge in [-0.2, -0.15) is 0 Å². The fourth-order valence-electron chi connectivity index (χ4n) is 6.93. The molecule has 1 aromatic heterocycles. The number of hydrogen-bond acceptors (Lipinski definition) is 5. The topological polar surface area (TPSA) is 82.5 Å². The van der Waals surface area contributed by atoms with Gasteiger partial charge in [-0.25, -0.2) is 4.98 Å². The summed E-state index contributed by atoms with van der Waals surface area (Å²) in [5.74, 6) is 4.36. The molecule has 2 N–H and O–H groups in total. The number of carbonyl (C=O) groups is 2. The van der Waals surface area contributed by atoms with Gasteiger partial charge < -0.3 is 15.3 Å². The van der Waals surface area contributed by atoms with Crippen LogP contribution in [0.4, 0.5) is 5.82 Å². The Morgan fingerprint density at radius 1 is 1.16 bits per heavy atom. The van der Waals surface area contributed by atoms with E-state index in [4.69, 9.17) is 10.1 Å². The minimum Gasteiger partial charge on any atom is -0.481 e. The predicted octanol–water partition coefficient (Wildman–Crippen LogP) is 4.44. The maximum Gasteiger partial charge on any atom is 0.303 e. The van der Waals surface area contributed by atoms with Gasteiger partial charge in [0.2, 0.25) is 0 Å². The molecule has 1 aromatic rings. The van der Waals surface area contributed by atoms with E-state index in [1.54, 1.807) is 11.8 Å². The minimum atomic E-state index is -0.735. The second kappa shape index (κ2) is 9.24. The zero-order valence-electron chi connectivity index (χ0n) is 19.0. The number of aromatic nitrogens is 1. The van der Waals surface area contributed by atoms with E-state index in [1.165, 1.54) is 32.1 Å². The van der Waals surface area contributed by atoms with Crippen LogP contribution < -0.4 is 10.2 Å². The average molecular weight is 458 g/mol. The molecular weight excluding hydrogens is 422 g/mol. The van der Waals surface area contributed by atoms with Crippen molar-refractivity contribution in [2.24, 2.45) is 29.6 Å². The molecule has 174 valence electrons. The maximum absolute atomic E-state index is 13.4. The van der Waals surface area contributed by atoms with Crippen molar-refractivity contribution in [3.63, 3.8) is 0 Å². The van der Waals surface area contributed by atoms with Gasteiger partial charge in [-0.15, -0.1) is 11.8 Å². The van der Waals surface area contributed by atoms with Crippen LogP contribution in [-0.4, -0.2) is 46.9 Å². The number of hydrogen-bond donors (Lipinski definition) is 2. The Labute approximate surface area is 194 Å². The highest BCUT2D eigenvalue weighted by atomic mass is 32.2. The molecule has 0 aromatic carbocycles. The monoisotopic (exact) mass is 457 g/mol. The highest BCUT2D eigenvalue weighted by molar-refractivity contribution is 7.99. The predicted molar refractivity (Wildman–Crippen MR) is 126 cm³/mol. The molecule has 2 heterocycles. The van der Waals surface area contributed by atoms with Crippen molar-refractivity contribution >= 4 is 29.5 Å². The van der Waals surface area contributed by atoms with Gasteiger partial charge in [-0.3, -0.25) is 9.59 Å². The number of carbonyl (C=O) groups excluding carboxylic acids is 1. The summed E-state index contributed by atoms with van der Waals surface area (Å²) in [5, 5.41) is 13.4. The van der Waals surface area contributed by atoms with Crippen LogP contribution in [0.25, 0.3) is 0 Å². The van der Waals surface area contributed by atoms with E-state index in [0.717, 1.165) is 54.4 Å². The zero-order chi connectivity index (χ0) is 22.2. The van der Waals surface area contributed by atoms with Crippen LogP contribution >= 0.6 is 11.8 Å². The number of aliphatic carboxylic acids is 1. The van der Waals surface area contributed by atoms with Crippen LogP contribution in [0.1, 0.15) is 68.6 Å². The molecule has 7 heteroatoms. The molecule has 1 aliphatic heterocycles. The highest BCUT2D eigenvalue weighted by Gasteiger charge is 2.48. The summed E-state index contributed by atoms with van der Waals surface area (Å²) in [6.07, 6.45) is 8.69. The number of nitrogens with zero attached hydrogens (tertiary/aromatic N) is 2. The fraction of sp³-hybridized carbons (Fsp3) is 0.720. The first-order chi connectivity index (χ1) is 15.5. The highest BCUT2D eigenvalue weighted by Crippen LogP contribution is 2.53. The minimum absolute atomic E-state index is 0.0327. The lowest BCUT2D eigenvalue weighted by atomic mass is 9.54. The number of pyridine rings is 1. The summed E-state index contributed by atoms with van der Waals surface area (Å²) in [4.78, 5) is 31.5. The lowest BCUT2D eigenvalue weighted by Crippen LogP contribution is -2.55. The number of amides is 1. The van der Waals surface area contributed by atoms with Crippen molar-refractivity contribution < 1.29 is 14.7 Å². The number of nitrogens with one attached hydrogen (secondary N) is 1. The molecular formula is C25H35N3O3S. The maximum atomic E-state index is 13.4. The van der Waals surface area contributed by atoms with E-state index in [9.17, 15) is 9.59 Å². The molecule has 0 radical (unpaired) electrons. The summed E-state index contributed by atoms with van der Waals surface area (Å²) < 4.78 is 0. The second-order valence-electron chi connectivity index (χ2n) is 10.5. The Morgan fingerprint density at radius 3 is 2.53 bits per heavy atom. The van der Waals surface area contributed by atoms with E-state index in [1.807, 2.05) is 12.1 Å². The Kier molecular flexibility index (Phi) is 6.37. The van der Waals surface area contributed by atoms with Crippen molar-refractivity contribution in [1.82, 2.24) is 10.3 Å². The van der Waals surface area contributed by atoms with Gasteiger partial charge in [-0.05, 0) is 92.4 Å². The number of rotatable bonds is 8. The average Bonchev–Trinajstić information content (AvgIpc) is 3.21. The number of thioether (sulfide) groups is 1. The van der Waals surface area contributed by atoms with Crippen LogP contribution in [0.2, 0.25) is 0 Å². The summed E-state index contributed by atoms with van der Waals surface area (Å²) >= 11 is 1.66. The van der Waals surface area contributed by atoms with Crippen LogP contribution in [0.5, 0.6) is 0 Å². The van der Waals surface area contributed by atoms with Crippen molar-refractivity contribution in [3.8, 4) is 0 Å². The first-order valence-electron chi connectivity index (χ1n) is 12.4. The molecule has 4 aliphatic carbocycles. The fourth-order valence-corrected chi connectivity index (χ4v) is 7.80. The van der Waals surface area contributed by atoms with Gasteiger partial charge in [-0.1, -0.05) is 6.92 Å². The molecule has 32 heavy (non-hydrogen) atoms. The molecule has 6 rings (SSSR count). The SMILES string of the molecule is CCCSc1nc(N2CCC(CC(=O)O)C2)ccc1C(=O)NC1C2CC3CC(C2)CC1C3. The lowest BCUT2D eigenvalue weighted by Gasteiger charge is -2.54. The molecule has 0 spiro atoms. The lowest BCUT2D eigenvalue weighted by molar-refractivity contribution is -0.137. The van der Waals surface area contributed by atoms with Gasteiger partial charge in [0.25, 0.3) is 5.91 Å². The van der Waals surface area contributed by atoms with Gasteiger partial charge in [0.05, 0.1) is 5.56 Å². The van der Waals surface area contributed by atoms with Crippen molar-refractivity contribution in [3.05, 3.63) is 17.7 Å². The summed E-state index contributed by atoms with van der Waals surface area (Å²) in [6, 6.07) is 4.22. The van der Waals surface area contributed by atoms with Gasteiger partial charge >= 0.3 is 5.97 Å². The van der Waals surface area contributed by atoms with Crippen molar-refractivity contribution in [2.75, 3.05) is 23.7 Å². The third-order valence-electron chi connectivity index (χ3n) is 8.13. The molecule has 4 saturated carbocycles. The number of carboxylic acids is 1. The molecule has 1 amide bonds. The van der Waals surface area contributed by atoms with Crippen LogP contribution in [0, 0.1) is 29.6 Å². The smallest absolute Gasteiger partial charge is 0.303 e. The molecule has 1 atom stereocenters. The quantitative estimate of drug-likeness (QED) is 0.562. The van der Waals surface area contributed by atoms with E-state index in [0.29, 0.717) is 23.4 Å². The van der Waals surface area contributed by atoms with Crippen molar-refractivity contribution in [1.29, 1.82) is 0 Å². The first-order valence-corrected chi connectivity index (χ1v) is 13.4. The Hall–Kier alpha value is -1.76. The van der Waals surface area contributed by atoms with E-state index in [-0.39, 0.29) is 18.2 Å². The Bertz CT molecular complexity index is 848. The van der Waals surface area contributed by atoms with Gasteiger partial charge in [0.15, 0.2) is 0 Å². The van der Waals surface area contributed by atoms with E-state index >= 15 is 0 Å². The number of anilines is 1. The van der Waals surface area contributed by atoms with Crippen LogP contribution in [0.15, 0.2) is 17.2 Å². The summed E-state index contributed by atoms with van der Waals surface area (Å²) in [5.41, 5.74) is 0.697. The van der Waals surface area contributed by atoms with Crippen molar-refractivity contribution in [2.45, 2.75) is 69.4 Å². The van der Waals surface area contributed by atoms with E-state index < -0.39 is 5.97 Å². The molecule has 4 bridgehead atoms. The summed E-state index contributed by atoms with van der Waals surface area (Å²) in [7, 11) is 0. The van der Waals surface area contributed by atoms with Gasteiger partial charge in [0.1, 0.15) is 10.8 Å². The normalized spacial score (nSPS) is 33.0. The third-order valence-corrected chi connectivity index (χ3v) is 9.33. The van der Waals surface area contributed by atoms with Gasteiger partial charge in [0, 0.05) is 25.6 Å². The Balaban J connectivity index is 1.30. The summed E-state index contributed by atoms with van der Waals surface area (Å²) in [6.45, 7) is 3.68. The molecule has 5 fully saturated rings. The Morgan fingerprint density at radius 2 is 1.88 bits per heavy atom. The largest absolute Gasteiger partial charge is 0.481 e. The van der Waals surface area contributed by atoms with Crippen LogP contribution in [-0.2, 0) is 4.79 Å². The first kappa shape index (κ1) is 22.1. The third kappa shape index (κ3) is 4.50. The molecule has 1 unspecified atom stereocenters. The standard InChI is InChI=1S/C25H35N3O3S/c1-2-7-32-25-20(3-4-21(26-25)28-6-5-15(14-28)13-22(29)30)24(31)27-23-18-9-16-8-17(11-18)12-19(23)10-16/h3-4,15-19,23H,2,5-14H2,1H3,(H,27,31)(H,29,30). The van der Waals surface area contributed by atoms with Crippen LogP contribution in [0.3, 0.4) is 0 Å². The van der Waals surface area contributed by atoms with E-state index in [2.05, 4.69) is 17.1 Å². The molecule has 5 aliphatic rings. The molecule has 6 nitrogen and oxygen atoms in total. The second-order valence-corrected chi connectivity index (χ2v) is 11.6. The molecule has 1 saturated heterocycles.